The fraction of sp³-hybridized carbons (Fsp3) is 0.533. The van der Waals surface area contributed by atoms with Crippen LogP contribution in [-0.4, -0.2) is 30.3 Å². The maximum Gasteiger partial charge on any atom is 0.230 e. The van der Waals surface area contributed by atoms with E-state index >= 15 is 0 Å². The van der Waals surface area contributed by atoms with Crippen LogP contribution in [0.1, 0.15) is 25.3 Å². The molecule has 110 valence electrons. The average molecular weight is 313 g/mol. The van der Waals surface area contributed by atoms with Gasteiger partial charge in [-0.2, -0.15) is 0 Å². The second-order valence-corrected chi connectivity index (χ2v) is 6.60. The number of carbonyl (C=O) groups excluding carboxylic acids is 1. The summed E-state index contributed by atoms with van der Waals surface area (Å²) in [6.45, 7) is 3.18. The summed E-state index contributed by atoms with van der Waals surface area (Å²) in [7, 11) is 0. The maximum absolute atomic E-state index is 11.9. The lowest BCUT2D eigenvalue weighted by Crippen LogP contribution is -2.52. The van der Waals surface area contributed by atoms with E-state index in [4.69, 9.17) is 11.6 Å². The molecule has 2 unspecified atom stereocenters. The van der Waals surface area contributed by atoms with Crippen LogP contribution in [0.25, 0.3) is 0 Å². The molecule has 1 fully saturated rings. The smallest absolute Gasteiger partial charge is 0.230 e. The van der Waals surface area contributed by atoms with Crippen molar-refractivity contribution < 1.29 is 4.79 Å². The van der Waals surface area contributed by atoms with Gasteiger partial charge in [-0.15, -0.1) is 11.8 Å². The van der Waals surface area contributed by atoms with Crippen LogP contribution in [0.5, 0.6) is 0 Å². The van der Waals surface area contributed by atoms with Crippen molar-refractivity contribution in [3.05, 3.63) is 34.9 Å². The quantitative estimate of drug-likeness (QED) is 0.878. The zero-order valence-electron chi connectivity index (χ0n) is 11.7. The molecule has 0 aromatic heterocycles. The first-order valence-electron chi connectivity index (χ1n) is 7.00. The van der Waals surface area contributed by atoms with E-state index in [1.807, 2.05) is 24.3 Å². The SMILES string of the molecule is CC1NCCCC1NC(=O)CSCc1ccc(Cl)cc1. The van der Waals surface area contributed by atoms with Crippen LogP contribution < -0.4 is 10.6 Å². The fourth-order valence-electron chi connectivity index (χ4n) is 2.33. The third-order valence-electron chi connectivity index (χ3n) is 3.52. The van der Waals surface area contributed by atoms with E-state index in [0.29, 0.717) is 11.8 Å². The van der Waals surface area contributed by atoms with Gasteiger partial charge in [-0.3, -0.25) is 4.79 Å². The molecule has 1 aromatic rings. The van der Waals surface area contributed by atoms with Crippen LogP contribution in [0.2, 0.25) is 5.02 Å². The molecule has 5 heteroatoms. The van der Waals surface area contributed by atoms with Gasteiger partial charge in [0.25, 0.3) is 0 Å². The summed E-state index contributed by atoms with van der Waals surface area (Å²) in [5, 5.41) is 7.26. The molecule has 1 aliphatic heterocycles. The molecular weight excluding hydrogens is 292 g/mol. The standard InChI is InChI=1S/C15H21ClN2OS/c1-11-14(3-2-8-17-11)18-15(19)10-20-9-12-4-6-13(16)7-5-12/h4-7,11,14,17H,2-3,8-10H2,1H3,(H,18,19). The van der Waals surface area contributed by atoms with Crippen molar-refractivity contribution in [1.29, 1.82) is 0 Å². The second kappa shape index (κ2) is 7.91. The maximum atomic E-state index is 11.9. The van der Waals surface area contributed by atoms with Crippen molar-refractivity contribution in [2.75, 3.05) is 12.3 Å². The molecule has 0 radical (unpaired) electrons. The lowest BCUT2D eigenvalue weighted by molar-refractivity contribution is -0.119. The van der Waals surface area contributed by atoms with Gasteiger partial charge in [0, 0.05) is 22.9 Å². The first-order chi connectivity index (χ1) is 9.65. The van der Waals surface area contributed by atoms with E-state index in [1.165, 1.54) is 5.56 Å². The van der Waals surface area contributed by atoms with Gasteiger partial charge < -0.3 is 10.6 Å². The van der Waals surface area contributed by atoms with Crippen molar-refractivity contribution >= 4 is 29.3 Å². The molecule has 1 amide bonds. The minimum Gasteiger partial charge on any atom is -0.351 e. The van der Waals surface area contributed by atoms with Gasteiger partial charge in [-0.1, -0.05) is 23.7 Å². The van der Waals surface area contributed by atoms with Crippen LogP contribution in [0, 0.1) is 0 Å². The number of thioether (sulfide) groups is 1. The molecule has 0 aliphatic carbocycles. The van der Waals surface area contributed by atoms with Gasteiger partial charge in [0.15, 0.2) is 0 Å². The number of amides is 1. The van der Waals surface area contributed by atoms with Crippen molar-refractivity contribution in [3.8, 4) is 0 Å². The lowest BCUT2D eigenvalue weighted by atomic mass is 10.00. The predicted octanol–water partition coefficient (Wildman–Crippen LogP) is 2.83. The summed E-state index contributed by atoms with van der Waals surface area (Å²) >= 11 is 7.48. The summed E-state index contributed by atoms with van der Waals surface area (Å²) in [6, 6.07) is 8.40. The number of piperidine rings is 1. The number of benzene rings is 1. The highest BCUT2D eigenvalue weighted by atomic mass is 35.5. The highest BCUT2D eigenvalue weighted by molar-refractivity contribution is 7.99. The number of hydrogen-bond donors (Lipinski definition) is 2. The van der Waals surface area contributed by atoms with Gasteiger partial charge in [-0.25, -0.2) is 0 Å². The van der Waals surface area contributed by atoms with E-state index in [1.54, 1.807) is 11.8 Å². The summed E-state index contributed by atoms with van der Waals surface area (Å²) in [5.74, 6) is 1.47. The molecule has 0 bridgehead atoms. The number of nitrogens with one attached hydrogen (secondary N) is 2. The predicted molar refractivity (Wildman–Crippen MR) is 86.2 cm³/mol. The van der Waals surface area contributed by atoms with Crippen LogP contribution >= 0.6 is 23.4 Å². The van der Waals surface area contributed by atoms with Crippen molar-refractivity contribution in [2.24, 2.45) is 0 Å². The Morgan fingerprint density at radius 1 is 1.45 bits per heavy atom. The third-order valence-corrected chi connectivity index (χ3v) is 4.78. The van der Waals surface area contributed by atoms with E-state index in [0.717, 1.165) is 30.2 Å². The van der Waals surface area contributed by atoms with Gasteiger partial charge in [0.05, 0.1) is 5.75 Å². The molecule has 20 heavy (non-hydrogen) atoms. The van der Waals surface area contributed by atoms with Crippen LogP contribution in [0.3, 0.4) is 0 Å². The summed E-state index contributed by atoms with van der Waals surface area (Å²) in [5.41, 5.74) is 1.19. The lowest BCUT2D eigenvalue weighted by Gasteiger charge is -2.30. The van der Waals surface area contributed by atoms with Gasteiger partial charge in [0.2, 0.25) is 5.91 Å². The highest BCUT2D eigenvalue weighted by Crippen LogP contribution is 2.15. The van der Waals surface area contributed by atoms with Crippen LogP contribution in [-0.2, 0) is 10.5 Å². The van der Waals surface area contributed by atoms with Crippen LogP contribution in [0.4, 0.5) is 0 Å². The Morgan fingerprint density at radius 2 is 2.20 bits per heavy atom. The fourth-order valence-corrected chi connectivity index (χ4v) is 3.26. The Bertz CT molecular complexity index is 438. The Morgan fingerprint density at radius 3 is 2.90 bits per heavy atom. The topological polar surface area (TPSA) is 41.1 Å². The van der Waals surface area contributed by atoms with Crippen molar-refractivity contribution in [2.45, 2.75) is 37.6 Å². The van der Waals surface area contributed by atoms with E-state index < -0.39 is 0 Å². The number of rotatable bonds is 5. The van der Waals surface area contributed by atoms with Gasteiger partial charge in [-0.05, 0) is 44.0 Å². The summed E-state index contributed by atoms with van der Waals surface area (Å²) in [4.78, 5) is 11.9. The molecule has 2 rings (SSSR count). The molecule has 2 N–H and O–H groups in total. The normalized spacial score (nSPS) is 22.5. The summed E-state index contributed by atoms with van der Waals surface area (Å²) in [6.07, 6.45) is 2.20. The molecule has 0 spiro atoms. The van der Waals surface area contributed by atoms with Crippen molar-refractivity contribution in [1.82, 2.24) is 10.6 Å². The molecule has 2 atom stereocenters. The molecular formula is C15H21ClN2OS. The first-order valence-corrected chi connectivity index (χ1v) is 8.53. The highest BCUT2D eigenvalue weighted by Gasteiger charge is 2.21. The average Bonchev–Trinajstić information content (AvgIpc) is 2.44. The largest absolute Gasteiger partial charge is 0.351 e. The molecule has 3 nitrogen and oxygen atoms in total. The third kappa shape index (κ3) is 5.00. The number of carbonyl (C=O) groups is 1. The van der Waals surface area contributed by atoms with E-state index in [2.05, 4.69) is 17.6 Å². The zero-order valence-corrected chi connectivity index (χ0v) is 13.3. The zero-order chi connectivity index (χ0) is 14.4. The molecule has 0 saturated carbocycles. The van der Waals surface area contributed by atoms with E-state index in [-0.39, 0.29) is 11.9 Å². The summed E-state index contributed by atoms with van der Waals surface area (Å²) < 4.78 is 0. The van der Waals surface area contributed by atoms with E-state index in [9.17, 15) is 4.79 Å². The van der Waals surface area contributed by atoms with Gasteiger partial charge >= 0.3 is 0 Å². The molecule has 1 heterocycles. The monoisotopic (exact) mass is 312 g/mol. The minimum absolute atomic E-state index is 0.129. The molecule has 1 saturated heterocycles. The number of hydrogen-bond acceptors (Lipinski definition) is 3. The second-order valence-electron chi connectivity index (χ2n) is 5.18. The Labute approximate surface area is 129 Å². The molecule has 1 aliphatic rings. The first kappa shape index (κ1) is 15.7. The van der Waals surface area contributed by atoms with Crippen LogP contribution in [0.15, 0.2) is 24.3 Å². The Hall–Kier alpha value is -0.710. The van der Waals surface area contributed by atoms with Gasteiger partial charge in [0.1, 0.15) is 0 Å². The molecule has 1 aromatic carbocycles. The minimum atomic E-state index is 0.129. The Balaban J connectivity index is 1.68. The Kier molecular flexibility index (Phi) is 6.20. The van der Waals surface area contributed by atoms with Crippen molar-refractivity contribution in [3.63, 3.8) is 0 Å². The number of halogens is 1.